The summed E-state index contributed by atoms with van der Waals surface area (Å²) in [6.07, 6.45) is 3.89. The molecular weight excluding hydrogens is 452 g/mol. The predicted octanol–water partition coefficient (Wildman–Crippen LogP) is 3.71. The van der Waals surface area contributed by atoms with Crippen molar-refractivity contribution >= 4 is 29.5 Å². The second-order valence-electron chi connectivity index (χ2n) is 8.83. The third-order valence-electron chi connectivity index (χ3n) is 6.85. The van der Waals surface area contributed by atoms with E-state index in [-0.39, 0.29) is 23.8 Å². The van der Waals surface area contributed by atoms with Crippen molar-refractivity contribution in [2.45, 2.75) is 38.3 Å². The maximum absolute atomic E-state index is 13.9. The largest absolute Gasteiger partial charge is 0.490 e. The Morgan fingerprint density at radius 3 is 2.38 bits per heavy atom. The molecule has 0 bridgehead atoms. The number of carbonyl (C=O) groups excluding carboxylic acids is 3. The number of thioether (sulfide) groups is 1. The van der Waals surface area contributed by atoms with Gasteiger partial charge >= 0.3 is 0 Å². The van der Waals surface area contributed by atoms with Crippen LogP contribution in [0.5, 0.6) is 11.5 Å². The van der Waals surface area contributed by atoms with Gasteiger partial charge in [-0.05, 0) is 67.2 Å². The van der Waals surface area contributed by atoms with E-state index >= 15 is 0 Å². The van der Waals surface area contributed by atoms with Crippen LogP contribution in [0.3, 0.4) is 0 Å². The molecular formula is C26H28N2O5S. The zero-order chi connectivity index (χ0) is 23.8. The van der Waals surface area contributed by atoms with Crippen LogP contribution in [0.15, 0.2) is 36.4 Å². The summed E-state index contributed by atoms with van der Waals surface area (Å²) in [5, 5.41) is 0. The van der Waals surface area contributed by atoms with Crippen LogP contribution in [-0.2, 0) is 11.2 Å². The number of nitrogens with zero attached hydrogens (tertiary/aromatic N) is 2. The number of ether oxygens (including phenoxy) is 2. The lowest BCUT2D eigenvalue weighted by molar-refractivity contribution is -0.138. The van der Waals surface area contributed by atoms with Crippen molar-refractivity contribution in [2.24, 2.45) is 0 Å². The Morgan fingerprint density at radius 1 is 1.09 bits per heavy atom. The maximum Gasteiger partial charge on any atom is 0.262 e. The molecule has 2 aromatic carbocycles. The molecule has 2 aromatic rings. The highest BCUT2D eigenvalue weighted by molar-refractivity contribution is 7.98. The molecule has 5 rings (SSSR count). The lowest BCUT2D eigenvalue weighted by Gasteiger charge is -2.39. The van der Waals surface area contributed by atoms with E-state index < -0.39 is 6.04 Å². The van der Waals surface area contributed by atoms with E-state index in [1.807, 2.05) is 25.3 Å². The van der Waals surface area contributed by atoms with Crippen molar-refractivity contribution in [3.8, 4) is 11.5 Å². The van der Waals surface area contributed by atoms with Crippen LogP contribution >= 0.6 is 11.8 Å². The van der Waals surface area contributed by atoms with Gasteiger partial charge in [0.2, 0.25) is 5.91 Å². The van der Waals surface area contributed by atoms with E-state index in [0.717, 1.165) is 23.3 Å². The Balaban J connectivity index is 1.45. The fraction of sp³-hybridized carbons (Fsp3) is 0.423. The molecule has 2 atom stereocenters. The molecule has 3 aliphatic heterocycles. The van der Waals surface area contributed by atoms with Gasteiger partial charge in [0, 0.05) is 13.0 Å². The summed E-state index contributed by atoms with van der Waals surface area (Å²) in [7, 11) is 0. The van der Waals surface area contributed by atoms with E-state index in [1.54, 1.807) is 40.9 Å². The summed E-state index contributed by atoms with van der Waals surface area (Å²) in [6.45, 7) is 3.74. The van der Waals surface area contributed by atoms with E-state index in [1.165, 1.54) is 4.90 Å². The fourth-order valence-electron chi connectivity index (χ4n) is 5.05. The highest BCUT2D eigenvalue weighted by Gasteiger charge is 2.44. The van der Waals surface area contributed by atoms with Gasteiger partial charge in [-0.15, -0.1) is 0 Å². The fourth-order valence-corrected chi connectivity index (χ4v) is 5.51. The van der Waals surface area contributed by atoms with Gasteiger partial charge in [0.1, 0.15) is 6.04 Å². The Hall–Kier alpha value is -3.00. The molecule has 0 aliphatic carbocycles. The summed E-state index contributed by atoms with van der Waals surface area (Å²) in [6, 6.07) is 9.76. The molecule has 0 spiro atoms. The van der Waals surface area contributed by atoms with E-state index in [2.05, 4.69) is 0 Å². The van der Waals surface area contributed by atoms with Gasteiger partial charge in [-0.25, -0.2) is 0 Å². The van der Waals surface area contributed by atoms with E-state index in [9.17, 15) is 14.4 Å². The van der Waals surface area contributed by atoms with Crippen molar-refractivity contribution in [1.29, 1.82) is 0 Å². The average Bonchev–Trinajstić information content (AvgIpc) is 2.98. The first-order chi connectivity index (χ1) is 16.5. The molecule has 178 valence electrons. The number of fused-ring (bicyclic) bond motifs is 3. The second kappa shape index (κ2) is 9.33. The molecule has 0 radical (unpaired) electrons. The quantitative estimate of drug-likeness (QED) is 0.608. The number of hydrogen-bond donors (Lipinski definition) is 0. The second-order valence-corrected chi connectivity index (χ2v) is 9.81. The SMILES string of the molecule is CSCC[C@H](C(=O)N1CCc2cc3c(cc2[C@H]1C)OCCCO3)N1C(=O)c2ccccc2C1=O. The normalized spacial score (nSPS) is 20.0. The van der Waals surface area contributed by atoms with Gasteiger partial charge in [-0.2, -0.15) is 11.8 Å². The lowest BCUT2D eigenvalue weighted by atomic mass is 9.92. The van der Waals surface area contributed by atoms with Crippen LogP contribution in [0.4, 0.5) is 0 Å². The molecule has 8 heteroatoms. The van der Waals surface area contributed by atoms with Crippen LogP contribution in [0, 0.1) is 0 Å². The van der Waals surface area contributed by atoms with Crippen LogP contribution in [-0.4, -0.2) is 65.3 Å². The highest BCUT2D eigenvalue weighted by atomic mass is 32.2. The molecule has 0 fully saturated rings. The van der Waals surface area contributed by atoms with Crippen LogP contribution in [0.1, 0.15) is 57.7 Å². The predicted molar refractivity (Wildman–Crippen MR) is 130 cm³/mol. The minimum absolute atomic E-state index is 0.186. The molecule has 3 amide bonds. The van der Waals surface area contributed by atoms with Crippen molar-refractivity contribution in [2.75, 3.05) is 31.8 Å². The molecule has 0 N–H and O–H groups in total. The van der Waals surface area contributed by atoms with Gasteiger partial charge in [0.15, 0.2) is 11.5 Å². The topological polar surface area (TPSA) is 76.2 Å². The van der Waals surface area contributed by atoms with Gasteiger partial charge in [-0.3, -0.25) is 19.3 Å². The first kappa shape index (κ1) is 22.8. The molecule has 3 heterocycles. The summed E-state index contributed by atoms with van der Waals surface area (Å²) in [4.78, 5) is 43.2. The molecule has 0 aromatic heterocycles. The smallest absolute Gasteiger partial charge is 0.262 e. The number of imide groups is 1. The zero-order valence-electron chi connectivity index (χ0n) is 19.4. The third-order valence-corrected chi connectivity index (χ3v) is 7.49. The minimum atomic E-state index is -0.829. The minimum Gasteiger partial charge on any atom is -0.490 e. The van der Waals surface area contributed by atoms with E-state index in [0.29, 0.717) is 55.2 Å². The van der Waals surface area contributed by atoms with Crippen molar-refractivity contribution in [3.63, 3.8) is 0 Å². The van der Waals surface area contributed by atoms with Crippen LogP contribution in [0.2, 0.25) is 0 Å². The summed E-state index contributed by atoms with van der Waals surface area (Å²) in [5.41, 5.74) is 2.90. The van der Waals surface area contributed by atoms with Gasteiger partial charge < -0.3 is 14.4 Å². The van der Waals surface area contributed by atoms with Gasteiger partial charge in [0.05, 0.1) is 30.4 Å². The number of carbonyl (C=O) groups is 3. The number of benzene rings is 2. The van der Waals surface area contributed by atoms with Crippen LogP contribution in [0.25, 0.3) is 0 Å². The Labute approximate surface area is 203 Å². The Kier molecular flexibility index (Phi) is 6.25. The summed E-state index contributed by atoms with van der Waals surface area (Å²) in [5.74, 6) is 1.17. The van der Waals surface area contributed by atoms with Crippen molar-refractivity contribution < 1.29 is 23.9 Å². The standard InChI is InChI=1S/C26H28N2O5S/c1-16-20-15-23-22(32-11-5-12-33-23)14-17(20)8-10-27(16)26(31)21(9-13-34-2)28-24(29)18-6-3-4-7-19(18)25(28)30/h3-4,6-7,14-16,21H,5,8-13H2,1-2H3/t16-,21-/m1/s1. The summed E-state index contributed by atoms with van der Waals surface area (Å²) >= 11 is 1.60. The summed E-state index contributed by atoms with van der Waals surface area (Å²) < 4.78 is 11.7. The highest BCUT2D eigenvalue weighted by Crippen LogP contribution is 2.40. The Morgan fingerprint density at radius 2 is 1.74 bits per heavy atom. The zero-order valence-corrected chi connectivity index (χ0v) is 20.2. The third kappa shape index (κ3) is 3.83. The average molecular weight is 481 g/mol. The lowest BCUT2D eigenvalue weighted by Crippen LogP contribution is -2.53. The van der Waals surface area contributed by atoms with E-state index in [4.69, 9.17) is 9.47 Å². The monoisotopic (exact) mass is 480 g/mol. The first-order valence-corrected chi connectivity index (χ1v) is 13.1. The Bertz CT molecular complexity index is 1120. The first-order valence-electron chi connectivity index (χ1n) is 11.7. The molecule has 0 unspecified atom stereocenters. The molecule has 3 aliphatic rings. The molecule has 0 saturated heterocycles. The van der Waals surface area contributed by atoms with Gasteiger partial charge in [0.25, 0.3) is 11.8 Å². The maximum atomic E-state index is 13.9. The van der Waals surface area contributed by atoms with Gasteiger partial charge in [-0.1, -0.05) is 12.1 Å². The molecule has 7 nitrogen and oxygen atoms in total. The number of hydrogen-bond acceptors (Lipinski definition) is 6. The number of amides is 3. The van der Waals surface area contributed by atoms with Crippen molar-refractivity contribution in [1.82, 2.24) is 9.80 Å². The van der Waals surface area contributed by atoms with Crippen LogP contribution < -0.4 is 9.47 Å². The molecule has 34 heavy (non-hydrogen) atoms. The van der Waals surface area contributed by atoms with Crippen molar-refractivity contribution in [3.05, 3.63) is 58.7 Å². The molecule has 0 saturated carbocycles. The number of rotatable bonds is 5.